The Bertz CT molecular complexity index is 899. The van der Waals surface area contributed by atoms with Crippen LogP contribution in [0.4, 0.5) is 0 Å². The summed E-state index contributed by atoms with van der Waals surface area (Å²) in [5.74, 6) is 1.74. The van der Waals surface area contributed by atoms with E-state index in [2.05, 4.69) is 22.1 Å². The summed E-state index contributed by atoms with van der Waals surface area (Å²) >= 11 is 0. The second-order valence-electron chi connectivity index (χ2n) is 5.57. The molecule has 0 aliphatic carbocycles. The van der Waals surface area contributed by atoms with E-state index in [0.29, 0.717) is 5.39 Å². The second kappa shape index (κ2) is 5.30. The molecular weight excluding hydrogens is 276 g/mol. The molecule has 3 aromatic rings. The van der Waals surface area contributed by atoms with Crippen LogP contribution in [0, 0.1) is 0 Å². The van der Waals surface area contributed by atoms with Crippen LogP contribution in [0.25, 0.3) is 10.9 Å². The first kappa shape index (κ1) is 13.1. The smallest absolute Gasteiger partial charge is 0.258 e. The van der Waals surface area contributed by atoms with E-state index in [4.69, 9.17) is 4.74 Å². The summed E-state index contributed by atoms with van der Waals surface area (Å²) in [7, 11) is 0. The van der Waals surface area contributed by atoms with E-state index in [9.17, 15) is 4.79 Å². The summed E-state index contributed by atoms with van der Waals surface area (Å²) in [6, 6.07) is 13.7. The van der Waals surface area contributed by atoms with E-state index < -0.39 is 0 Å². The van der Waals surface area contributed by atoms with Crippen molar-refractivity contribution in [2.45, 2.75) is 19.3 Å². The Balaban J connectivity index is 1.58. The maximum absolute atomic E-state index is 12.1. The van der Waals surface area contributed by atoms with Crippen molar-refractivity contribution < 1.29 is 4.74 Å². The van der Waals surface area contributed by atoms with Gasteiger partial charge in [-0.15, -0.1) is 0 Å². The zero-order valence-electron chi connectivity index (χ0n) is 12.1. The van der Waals surface area contributed by atoms with Crippen molar-refractivity contribution in [1.29, 1.82) is 0 Å². The fraction of sp³-hybridized carbons (Fsp3) is 0.222. The number of H-pyrrole nitrogens is 1. The van der Waals surface area contributed by atoms with Gasteiger partial charge in [-0.05, 0) is 35.7 Å². The number of fused-ring (bicyclic) bond motifs is 2. The van der Waals surface area contributed by atoms with Crippen molar-refractivity contribution in [3.8, 4) is 5.75 Å². The van der Waals surface area contributed by atoms with Gasteiger partial charge in [-0.1, -0.05) is 24.3 Å². The number of aryl methyl sites for hydroxylation is 2. The number of nitrogens with zero attached hydrogens (tertiary/aromatic N) is 1. The van der Waals surface area contributed by atoms with Crippen LogP contribution in [-0.2, 0) is 19.3 Å². The molecule has 22 heavy (non-hydrogen) atoms. The zero-order chi connectivity index (χ0) is 14.9. The highest BCUT2D eigenvalue weighted by molar-refractivity contribution is 5.77. The first-order chi connectivity index (χ1) is 10.8. The molecule has 2 aromatic carbocycles. The van der Waals surface area contributed by atoms with Crippen molar-refractivity contribution in [3.05, 3.63) is 69.8 Å². The molecule has 4 rings (SSSR count). The van der Waals surface area contributed by atoms with Crippen molar-refractivity contribution >= 4 is 10.9 Å². The number of benzene rings is 2. The van der Waals surface area contributed by atoms with Crippen LogP contribution in [0.2, 0.25) is 0 Å². The Kier molecular flexibility index (Phi) is 3.15. The van der Waals surface area contributed by atoms with Gasteiger partial charge in [0.15, 0.2) is 0 Å². The van der Waals surface area contributed by atoms with Crippen LogP contribution < -0.4 is 10.3 Å². The lowest BCUT2D eigenvalue weighted by Crippen LogP contribution is -2.12. The molecule has 0 unspecified atom stereocenters. The summed E-state index contributed by atoms with van der Waals surface area (Å²) in [5, 5.41) is 0.640. The summed E-state index contributed by atoms with van der Waals surface area (Å²) in [5.41, 5.74) is 3.21. The Morgan fingerprint density at radius 1 is 1.14 bits per heavy atom. The highest BCUT2D eigenvalue weighted by Crippen LogP contribution is 2.26. The molecule has 0 saturated carbocycles. The summed E-state index contributed by atoms with van der Waals surface area (Å²) in [6.45, 7) is 0.776. The number of hydrogen-bond donors (Lipinski definition) is 1. The van der Waals surface area contributed by atoms with E-state index in [1.807, 2.05) is 24.3 Å². The minimum atomic E-state index is -0.0667. The molecule has 0 fully saturated rings. The number of aromatic amines is 1. The summed E-state index contributed by atoms with van der Waals surface area (Å²) < 4.78 is 5.52. The third-order valence-electron chi connectivity index (χ3n) is 4.07. The first-order valence-corrected chi connectivity index (χ1v) is 7.52. The maximum atomic E-state index is 12.1. The van der Waals surface area contributed by atoms with Crippen molar-refractivity contribution in [1.82, 2.24) is 9.97 Å². The largest absolute Gasteiger partial charge is 0.493 e. The molecule has 2 heterocycles. The average Bonchev–Trinajstić information content (AvgIpc) is 3.00. The number of para-hydroxylation sites is 1. The van der Waals surface area contributed by atoms with E-state index in [0.717, 1.165) is 43.0 Å². The molecule has 1 aliphatic rings. The standard InChI is InChI=1S/C18H16N2O2/c21-18-14-3-1-2-4-15(14)19-17(20-18)8-6-12-5-7-16-13(11-12)9-10-22-16/h1-5,7,11H,6,8-10H2,(H,19,20,21). The Morgan fingerprint density at radius 3 is 3.00 bits per heavy atom. The number of ether oxygens (including phenoxy) is 1. The van der Waals surface area contributed by atoms with Crippen LogP contribution >= 0.6 is 0 Å². The SMILES string of the molecule is O=c1[nH]c(CCc2ccc3c(c2)CCO3)nc2ccccc12. The highest BCUT2D eigenvalue weighted by Gasteiger charge is 2.12. The lowest BCUT2D eigenvalue weighted by molar-refractivity contribution is 0.357. The Hall–Kier alpha value is -2.62. The van der Waals surface area contributed by atoms with Gasteiger partial charge in [-0.25, -0.2) is 4.98 Å². The lowest BCUT2D eigenvalue weighted by atomic mass is 10.0. The minimum Gasteiger partial charge on any atom is -0.493 e. The van der Waals surface area contributed by atoms with Gasteiger partial charge in [-0.2, -0.15) is 0 Å². The molecule has 0 atom stereocenters. The molecule has 4 nitrogen and oxygen atoms in total. The zero-order valence-corrected chi connectivity index (χ0v) is 12.1. The fourth-order valence-electron chi connectivity index (χ4n) is 2.91. The molecule has 1 N–H and O–H groups in total. The highest BCUT2D eigenvalue weighted by atomic mass is 16.5. The molecule has 0 bridgehead atoms. The molecular formula is C18H16N2O2. The third kappa shape index (κ3) is 2.37. The summed E-state index contributed by atoms with van der Waals surface area (Å²) in [4.78, 5) is 19.5. The van der Waals surface area contributed by atoms with E-state index in [-0.39, 0.29) is 5.56 Å². The predicted octanol–water partition coefficient (Wildman–Crippen LogP) is 2.64. The van der Waals surface area contributed by atoms with Crippen LogP contribution in [0.3, 0.4) is 0 Å². The van der Waals surface area contributed by atoms with Crippen molar-refractivity contribution in [2.75, 3.05) is 6.61 Å². The quantitative estimate of drug-likeness (QED) is 0.807. The molecule has 1 aliphatic heterocycles. The van der Waals surface area contributed by atoms with Gasteiger partial charge in [0.05, 0.1) is 17.5 Å². The molecule has 0 spiro atoms. The van der Waals surface area contributed by atoms with Crippen molar-refractivity contribution in [2.24, 2.45) is 0 Å². The topological polar surface area (TPSA) is 55.0 Å². The van der Waals surface area contributed by atoms with Crippen LogP contribution in [0.1, 0.15) is 17.0 Å². The second-order valence-corrected chi connectivity index (χ2v) is 5.57. The molecule has 4 heteroatoms. The molecule has 110 valence electrons. The van der Waals surface area contributed by atoms with E-state index >= 15 is 0 Å². The van der Waals surface area contributed by atoms with E-state index in [1.54, 1.807) is 6.07 Å². The third-order valence-corrected chi connectivity index (χ3v) is 4.07. The maximum Gasteiger partial charge on any atom is 0.258 e. The van der Waals surface area contributed by atoms with Crippen LogP contribution in [0.5, 0.6) is 5.75 Å². The molecule has 0 saturated heterocycles. The molecule has 0 amide bonds. The Morgan fingerprint density at radius 2 is 2.05 bits per heavy atom. The normalized spacial score (nSPS) is 13.1. The molecule has 0 radical (unpaired) electrons. The number of aromatic nitrogens is 2. The monoisotopic (exact) mass is 292 g/mol. The number of rotatable bonds is 3. The predicted molar refractivity (Wildman–Crippen MR) is 85.4 cm³/mol. The average molecular weight is 292 g/mol. The van der Waals surface area contributed by atoms with Gasteiger partial charge in [0, 0.05) is 12.8 Å². The van der Waals surface area contributed by atoms with Gasteiger partial charge in [-0.3, -0.25) is 4.79 Å². The van der Waals surface area contributed by atoms with Gasteiger partial charge in [0.1, 0.15) is 11.6 Å². The van der Waals surface area contributed by atoms with Crippen LogP contribution in [-0.4, -0.2) is 16.6 Å². The van der Waals surface area contributed by atoms with Gasteiger partial charge in [0.25, 0.3) is 5.56 Å². The number of nitrogens with one attached hydrogen (secondary N) is 1. The lowest BCUT2D eigenvalue weighted by Gasteiger charge is -2.05. The van der Waals surface area contributed by atoms with Gasteiger partial charge in [0.2, 0.25) is 0 Å². The minimum absolute atomic E-state index is 0.0667. The first-order valence-electron chi connectivity index (χ1n) is 7.52. The summed E-state index contributed by atoms with van der Waals surface area (Å²) in [6.07, 6.45) is 2.56. The van der Waals surface area contributed by atoms with Crippen LogP contribution in [0.15, 0.2) is 47.3 Å². The Labute approximate surface area is 127 Å². The number of hydrogen-bond acceptors (Lipinski definition) is 3. The molecule has 1 aromatic heterocycles. The van der Waals surface area contributed by atoms with E-state index in [1.165, 1.54) is 11.1 Å². The fourth-order valence-corrected chi connectivity index (χ4v) is 2.91. The van der Waals surface area contributed by atoms with Crippen molar-refractivity contribution in [3.63, 3.8) is 0 Å². The van der Waals surface area contributed by atoms with Gasteiger partial charge >= 0.3 is 0 Å². The van der Waals surface area contributed by atoms with Gasteiger partial charge < -0.3 is 9.72 Å².